The smallest absolute Gasteiger partial charge is 0.256 e. The molecule has 0 fully saturated rings. The number of thioether (sulfide) groups is 1. The number of anilines is 1. The molecule has 0 spiro atoms. The minimum atomic E-state index is -0.418. The predicted molar refractivity (Wildman–Crippen MR) is 100.0 cm³/mol. The average Bonchev–Trinajstić information content (AvgIpc) is 3.05. The first-order chi connectivity index (χ1) is 12.0. The molecule has 3 aromatic rings. The van der Waals surface area contributed by atoms with Crippen LogP contribution < -0.4 is 5.32 Å². The molecule has 1 aromatic heterocycles. The first-order valence-corrected chi connectivity index (χ1v) is 9.13. The topological polar surface area (TPSA) is 55.1 Å². The van der Waals surface area contributed by atoms with Crippen molar-refractivity contribution in [3.8, 4) is 11.3 Å². The molecular weight excluding hydrogens is 407 g/mol. The first-order valence-electron chi connectivity index (χ1n) is 7.46. The van der Waals surface area contributed by atoms with Crippen LogP contribution in [0.2, 0.25) is 0 Å². The van der Waals surface area contributed by atoms with Crippen molar-refractivity contribution in [3.63, 3.8) is 0 Å². The third-order valence-electron chi connectivity index (χ3n) is 3.35. The van der Waals surface area contributed by atoms with Gasteiger partial charge in [-0.1, -0.05) is 39.8 Å². The van der Waals surface area contributed by atoms with Gasteiger partial charge in [0.2, 0.25) is 5.91 Å². The molecular formula is C18H14BrFN2O2S. The van der Waals surface area contributed by atoms with E-state index in [1.54, 1.807) is 13.1 Å². The molecule has 0 aliphatic heterocycles. The Morgan fingerprint density at radius 3 is 2.76 bits per heavy atom. The number of nitrogens with zero attached hydrogens (tertiary/aromatic N) is 1. The summed E-state index contributed by atoms with van der Waals surface area (Å²) in [4.78, 5) is 16.4. The number of benzene rings is 2. The average molecular weight is 421 g/mol. The lowest BCUT2D eigenvalue weighted by Crippen LogP contribution is -2.22. The van der Waals surface area contributed by atoms with Gasteiger partial charge in [0.05, 0.1) is 11.4 Å². The van der Waals surface area contributed by atoms with Crippen molar-refractivity contribution in [2.24, 2.45) is 0 Å². The van der Waals surface area contributed by atoms with Gasteiger partial charge in [0.25, 0.3) is 5.22 Å². The highest BCUT2D eigenvalue weighted by molar-refractivity contribution is 9.10. The van der Waals surface area contributed by atoms with Gasteiger partial charge < -0.3 is 9.73 Å². The second kappa shape index (κ2) is 7.84. The van der Waals surface area contributed by atoms with Crippen LogP contribution in [0.4, 0.5) is 10.1 Å². The Balaban J connectivity index is 1.64. The van der Waals surface area contributed by atoms with Crippen LogP contribution in [0.3, 0.4) is 0 Å². The van der Waals surface area contributed by atoms with Gasteiger partial charge in [-0.3, -0.25) is 4.79 Å². The monoisotopic (exact) mass is 420 g/mol. The number of hydrogen-bond donors (Lipinski definition) is 1. The van der Waals surface area contributed by atoms with Gasteiger partial charge in [0, 0.05) is 15.7 Å². The Morgan fingerprint density at radius 1 is 1.28 bits per heavy atom. The van der Waals surface area contributed by atoms with E-state index in [4.69, 9.17) is 4.42 Å². The highest BCUT2D eigenvalue weighted by Gasteiger charge is 2.18. The molecule has 0 radical (unpaired) electrons. The van der Waals surface area contributed by atoms with Crippen LogP contribution in [0, 0.1) is 5.82 Å². The minimum Gasteiger partial charge on any atom is -0.431 e. The second-order valence-corrected chi connectivity index (χ2v) is 7.46. The van der Waals surface area contributed by atoms with Crippen molar-refractivity contribution in [1.82, 2.24) is 4.98 Å². The number of nitrogens with one attached hydrogen (secondary N) is 1. The molecule has 0 aliphatic rings. The summed E-state index contributed by atoms with van der Waals surface area (Å²) in [5.74, 6) is 0.0778. The Hall–Kier alpha value is -2.12. The van der Waals surface area contributed by atoms with Crippen molar-refractivity contribution in [2.45, 2.75) is 17.4 Å². The van der Waals surface area contributed by atoms with E-state index in [0.29, 0.717) is 16.7 Å². The Bertz CT molecular complexity index is 883. The molecule has 2 aromatic carbocycles. The highest BCUT2D eigenvalue weighted by Crippen LogP contribution is 2.29. The summed E-state index contributed by atoms with van der Waals surface area (Å²) in [7, 11) is 0. The molecule has 0 aliphatic carbocycles. The fraction of sp³-hybridized carbons (Fsp3) is 0.111. The molecule has 128 valence electrons. The van der Waals surface area contributed by atoms with Gasteiger partial charge in [-0.2, -0.15) is 0 Å². The van der Waals surface area contributed by atoms with E-state index in [9.17, 15) is 9.18 Å². The normalized spacial score (nSPS) is 12.0. The summed E-state index contributed by atoms with van der Waals surface area (Å²) in [5.41, 5.74) is 1.44. The minimum absolute atomic E-state index is 0.209. The van der Waals surface area contributed by atoms with Crippen LogP contribution in [-0.2, 0) is 4.79 Å². The molecule has 1 unspecified atom stereocenters. The van der Waals surface area contributed by atoms with Crippen LogP contribution in [-0.4, -0.2) is 16.1 Å². The van der Waals surface area contributed by atoms with Crippen molar-refractivity contribution < 1.29 is 13.6 Å². The SMILES string of the molecule is CC(Sc1ncc(-c2cccc(Br)c2)o1)C(=O)Nc1ccc(F)cc1. The van der Waals surface area contributed by atoms with E-state index >= 15 is 0 Å². The van der Waals surface area contributed by atoms with E-state index in [0.717, 1.165) is 10.0 Å². The lowest BCUT2D eigenvalue weighted by molar-refractivity contribution is -0.115. The summed E-state index contributed by atoms with van der Waals surface area (Å²) in [6.07, 6.45) is 1.63. The standard InChI is InChI=1S/C18H14BrFN2O2S/c1-11(17(23)22-15-7-5-14(20)6-8-15)25-18-21-10-16(24-18)12-3-2-4-13(19)9-12/h2-11H,1H3,(H,22,23). The fourth-order valence-electron chi connectivity index (χ4n) is 2.07. The summed E-state index contributed by atoms with van der Waals surface area (Å²) in [5, 5.41) is 2.73. The van der Waals surface area contributed by atoms with Gasteiger partial charge in [0.15, 0.2) is 5.76 Å². The third kappa shape index (κ3) is 4.70. The van der Waals surface area contributed by atoms with Crippen LogP contribution in [0.1, 0.15) is 6.92 Å². The van der Waals surface area contributed by atoms with Gasteiger partial charge in [-0.15, -0.1) is 0 Å². The number of rotatable bonds is 5. The lowest BCUT2D eigenvalue weighted by atomic mass is 10.2. The van der Waals surface area contributed by atoms with Crippen molar-refractivity contribution >= 4 is 39.3 Å². The van der Waals surface area contributed by atoms with Gasteiger partial charge in [-0.25, -0.2) is 9.37 Å². The largest absolute Gasteiger partial charge is 0.431 e. The molecule has 25 heavy (non-hydrogen) atoms. The zero-order chi connectivity index (χ0) is 17.8. The molecule has 3 rings (SSSR count). The zero-order valence-corrected chi connectivity index (χ0v) is 15.6. The summed E-state index contributed by atoms with van der Waals surface area (Å²) >= 11 is 4.64. The lowest BCUT2D eigenvalue weighted by Gasteiger charge is -2.10. The Kier molecular flexibility index (Phi) is 5.55. The van der Waals surface area contributed by atoms with Gasteiger partial charge in [0.1, 0.15) is 5.82 Å². The number of hydrogen-bond acceptors (Lipinski definition) is 4. The van der Waals surface area contributed by atoms with Crippen molar-refractivity contribution in [2.75, 3.05) is 5.32 Å². The molecule has 7 heteroatoms. The molecule has 1 amide bonds. The molecule has 0 saturated carbocycles. The van der Waals surface area contributed by atoms with Crippen LogP contribution in [0.5, 0.6) is 0 Å². The maximum Gasteiger partial charge on any atom is 0.256 e. The highest BCUT2D eigenvalue weighted by atomic mass is 79.9. The van der Waals surface area contributed by atoms with E-state index in [1.165, 1.54) is 36.0 Å². The maximum absolute atomic E-state index is 12.9. The van der Waals surface area contributed by atoms with E-state index < -0.39 is 5.25 Å². The van der Waals surface area contributed by atoms with E-state index in [-0.39, 0.29) is 11.7 Å². The van der Waals surface area contributed by atoms with Crippen LogP contribution in [0.15, 0.2) is 68.8 Å². The quantitative estimate of drug-likeness (QED) is 0.564. The summed E-state index contributed by atoms with van der Waals surface area (Å²) < 4.78 is 19.6. The number of oxazole rings is 1. The Labute approximate surface area is 157 Å². The number of amides is 1. The third-order valence-corrected chi connectivity index (χ3v) is 4.80. The number of halogens is 2. The van der Waals surface area contributed by atoms with Crippen LogP contribution in [0.25, 0.3) is 11.3 Å². The second-order valence-electron chi connectivity index (χ2n) is 5.26. The molecule has 1 N–H and O–H groups in total. The molecule has 0 saturated heterocycles. The molecule has 0 bridgehead atoms. The van der Waals surface area contributed by atoms with Gasteiger partial charge in [-0.05, 0) is 43.3 Å². The molecule has 1 heterocycles. The van der Waals surface area contributed by atoms with Crippen LogP contribution >= 0.6 is 27.7 Å². The predicted octanol–water partition coefficient (Wildman–Crippen LogP) is 5.36. The van der Waals surface area contributed by atoms with Gasteiger partial charge >= 0.3 is 0 Å². The maximum atomic E-state index is 12.9. The molecule has 1 atom stereocenters. The number of carbonyl (C=O) groups is 1. The number of carbonyl (C=O) groups excluding carboxylic acids is 1. The first kappa shape index (κ1) is 17.7. The summed E-state index contributed by atoms with van der Waals surface area (Å²) in [6.45, 7) is 1.76. The molecule has 4 nitrogen and oxygen atoms in total. The number of aromatic nitrogens is 1. The van der Waals surface area contributed by atoms with E-state index in [1.807, 2.05) is 24.3 Å². The fourth-order valence-corrected chi connectivity index (χ4v) is 3.19. The Morgan fingerprint density at radius 2 is 2.04 bits per heavy atom. The van der Waals surface area contributed by atoms with Crippen molar-refractivity contribution in [1.29, 1.82) is 0 Å². The zero-order valence-electron chi connectivity index (χ0n) is 13.2. The summed E-state index contributed by atoms with van der Waals surface area (Å²) in [6, 6.07) is 13.3. The van der Waals surface area contributed by atoms with Crippen molar-refractivity contribution in [3.05, 3.63) is 65.0 Å². The van der Waals surface area contributed by atoms with E-state index in [2.05, 4.69) is 26.2 Å².